The summed E-state index contributed by atoms with van der Waals surface area (Å²) in [6.45, 7) is 0. The zero-order valence-corrected chi connectivity index (χ0v) is 10.0. The molecule has 0 N–H and O–H groups in total. The molecule has 0 radical (unpaired) electrons. The van der Waals surface area contributed by atoms with E-state index in [4.69, 9.17) is 21.4 Å². The van der Waals surface area contributed by atoms with E-state index in [-0.39, 0.29) is 17.0 Å². The maximum Gasteiger partial charge on any atom is 0.198 e. The zero-order valence-electron chi connectivity index (χ0n) is 7.67. The van der Waals surface area contributed by atoms with E-state index < -0.39 is 5.82 Å². The highest BCUT2D eigenvalue weighted by atomic mass is 79.9. The standard InChI is InChI=1S/C10H3BrClFN2O/c11-9-8(4-14)15-16-10(9)6-3-5(12)1-2-7(6)13/h1-3H. The van der Waals surface area contributed by atoms with E-state index in [0.717, 1.165) is 0 Å². The molecule has 0 unspecified atom stereocenters. The van der Waals surface area contributed by atoms with Crippen LogP contribution in [-0.2, 0) is 0 Å². The molecule has 0 aliphatic heterocycles. The van der Waals surface area contributed by atoms with Gasteiger partial charge >= 0.3 is 0 Å². The van der Waals surface area contributed by atoms with Crippen LogP contribution in [0.5, 0.6) is 0 Å². The fourth-order valence-electron chi connectivity index (χ4n) is 1.19. The van der Waals surface area contributed by atoms with Crippen LogP contribution in [0.2, 0.25) is 5.02 Å². The Morgan fingerprint density at radius 3 is 2.88 bits per heavy atom. The van der Waals surface area contributed by atoms with E-state index in [9.17, 15) is 4.39 Å². The van der Waals surface area contributed by atoms with Crippen LogP contribution < -0.4 is 0 Å². The predicted molar refractivity (Wildman–Crippen MR) is 59.3 cm³/mol. The Hall–Kier alpha value is -1.38. The van der Waals surface area contributed by atoms with Gasteiger partial charge in [-0.15, -0.1) is 0 Å². The van der Waals surface area contributed by atoms with Crippen molar-refractivity contribution in [1.82, 2.24) is 5.16 Å². The highest BCUT2D eigenvalue weighted by Gasteiger charge is 2.18. The van der Waals surface area contributed by atoms with Crippen molar-refractivity contribution in [3.63, 3.8) is 0 Å². The molecule has 16 heavy (non-hydrogen) atoms. The summed E-state index contributed by atoms with van der Waals surface area (Å²) < 4.78 is 18.7. The summed E-state index contributed by atoms with van der Waals surface area (Å²) in [4.78, 5) is 0. The number of nitriles is 1. The van der Waals surface area contributed by atoms with E-state index in [0.29, 0.717) is 9.50 Å². The third-order valence-corrected chi connectivity index (χ3v) is 2.89. The maximum atomic E-state index is 13.5. The van der Waals surface area contributed by atoms with E-state index >= 15 is 0 Å². The first kappa shape index (κ1) is 11.1. The first-order valence-electron chi connectivity index (χ1n) is 4.14. The second kappa shape index (κ2) is 4.24. The molecule has 0 fully saturated rings. The number of hydrogen-bond donors (Lipinski definition) is 0. The van der Waals surface area contributed by atoms with Gasteiger partial charge in [0.05, 0.1) is 5.56 Å². The molecular weight excluding hydrogens is 298 g/mol. The van der Waals surface area contributed by atoms with Crippen molar-refractivity contribution in [3.8, 4) is 17.4 Å². The van der Waals surface area contributed by atoms with Crippen LogP contribution in [-0.4, -0.2) is 5.16 Å². The Balaban J connectivity index is 2.64. The molecule has 6 heteroatoms. The van der Waals surface area contributed by atoms with Gasteiger partial charge in [0, 0.05) is 5.02 Å². The van der Waals surface area contributed by atoms with Gasteiger partial charge in [-0.25, -0.2) is 4.39 Å². The van der Waals surface area contributed by atoms with Crippen molar-refractivity contribution >= 4 is 27.5 Å². The summed E-state index contributed by atoms with van der Waals surface area (Å²) in [5, 5.41) is 12.5. The van der Waals surface area contributed by atoms with E-state index in [1.165, 1.54) is 18.2 Å². The van der Waals surface area contributed by atoms with Crippen LogP contribution in [0.25, 0.3) is 11.3 Å². The Labute approximate surface area is 104 Å². The smallest absolute Gasteiger partial charge is 0.198 e. The summed E-state index contributed by atoms with van der Waals surface area (Å²) in [5.74, 6) is -0.345. The average Bonchev–Trinajstić information content (AvgIpc) is 2.63. The summed E-state index contributed by atoms with van der Waals surface area (Å²) in [6.07, 6.45) is 0. The lowest BCUT2D eigenvalue weighted by atomic mass is 10.1. The minimum absolute atomic E-state index is 0.0642. The molecule has 1 heterocycles. The van der Waals surface area contributed by atoms with Crippen LogP contribution in [0.4, 0.5) is 4.39 Å². The zero-order chi connectivity index (χ0) is 11.7. The number of benzene rings is 1. The second-order valence-corrected chi connectivity index (χ2v) is 4.14. The lowest BCUT2D eigenvalue weighted by Gasteiger charge is -1.99. The van der Waals surface area contributed by atoms with E-state index in [1.54, 1.807) is 0 Å². The molecule has 0 saturated carbocycles. The highest BCUT2D eigenvalue weighted by Crippen LogP contribution is 2.33. The number of nitrogens with zero attached hydrogens (tertiary/aromatic N) is 2. The molecule has 0 amide bonds. The lowest BCUT2D eigenvalue weighted by Crippen LogP contribution is -1.83. The van der Waals surface area contributed by atoms with Crippen LogP contribution >= 0.6 is 27.5 Å². The molecule has 0 aliphatic carbocycles. The minimum Gasteiger partial charge on any atom is -0.354 e. The molecule has 2 rings (SSSR count). The van der Waals surface area contributed by atoms with Gasteiger partial charge in [-0.05, 0) is 34.1 Å². The number of aromatic nitrogens is 1. The molecule has 0 saturated heterocycles. The van der Waals surface area contributed by atoms with E-state index in [2.05, 4.69) is 21.1 Å². The van der Waals surface area contributed by atoms with Crippen molar-refractivity contribution in [2.45, 2.75) is 0 Å². The summed E-state index contributed by atoms with van der Waals surface area (Å²) >= 11 is 8.87. The van der Waals surface area contributed by atoms with Crippen molar-refractivity contribution in [1.29, 1.82) is 5.26 Å². The van der Waals surface area contributed by atoms with Gasteiger partial charge in [0.25, 0.3) is 0 Å². The van der Waals surface area contributed by atoms with Gasteiger partial charge in [0.1, 0.15) is 16.4 Å². The number of halogens is 3. The summed E-state index contributed by atoms with van der Waals surface area (Å²) in [6, 6.07) is 5.87. The van der Waals surface area contributed by atoms with Crippen molar-refractivity contribution in [2.75, 3.05) is 0 Å². The SMILES string of the molecule is N#Cc1noc(-c2cc(Cl)ccc2F)c1Br. The molecule has 0 spiro atoms. The van der Waals surface area contributed by atoms with Crippen molar-refractivity contribution < 1.29 is 8.91 Å². The number of hydrogen-bond acceptors (Lipinski definition) is 3. The van der Waals surface area contributed by atoms with Crippen LogP contribution in [0.15, 0.2) is 27.2 Å². The topological polar surface area (TPSA) is 49.8 Å². The Bertz CT molecular complexity index is 591. The average molecular weight is 302 g/mol. The summed E-state index contributed by atoms with van der Waals surface area (Å²) in [7, 11) is 0. The molecular formula is C10H3BrClFN2O. The van der Waals surface area contributed by atoms with E-state index in [1.807, 2.05) is 6.07 Å². The fourth-order valence-corrected chi connectivity index (χ4v) is 1.81. The van der Waals surface area contributed by atoms with Gasteiger partial charge in [0.15, 0.2) is 11.5 Å². The summed E-state index contributed by atoms with van der Waals surface area (Å²) in [5.41, 5.74) is 0.225. The third-order valence-electron chi connectivity index (χ3n) is 1.91. The third kappa shape index (κ3) is 1.82. The molecule has 0 bridgehead atoms. The van der Waals surface area contributed by atoms with Crippen molar-refractivity contribution in [3.05, 3.63) is 39.2 Å². The normalized spacial score (nSPS) is 10.1. The van der Waals surface area contributed by atoms with Gasteiger partial charge in [-0.1, -0.05) is 16.8 Å². The quantitative estimate of drug-likeness (QED) is 0.805. The van der Waals surface area contributed by atoms with Crippen LogP contribution in [0.3, 0.4) is 0 Å². The molecule has 0 atom stereocenters. The Morgan fingerprint density at radius 1 is 1.50 bits per heavy atom. The molecule has 1 aromatic carbocycles. The first-order chi connectivity index (χ1) is 7.63. The Kier molecular flexibility index (Phi) is 2.95. The molecule has 80 valence electrons. The highest BCUT2D eigenvalue weighted by molar-refractivity contribution is 9.10. The largest absolute Gasteiger partial charge is 0.354 e. The molecule has 1 aromatic heterocycles. The lowest BCUT2D eigenvalue weighted by molar-refractivity contribution is 0.427. The predicted octanol–water partition coefficient (Wildman–Crippen LogP) is 3.77. The molecule has 2 aromatic rings. The van der Waals surface area contributed by atoms with Gasteiger partial charge in [-0.3, -0.25) is 0 Å². The van der Waals surface area contributed by atoms with Gasteiger partial charge < -0.3 is 4.52 Å². The first-order valence-corrected chi connectivity index (χ1v) is 5.31. The number of rotatable bonds is 1. The van der Waals surface area contributed by atoms with Gasteiger partial charge in [0.2, 0.25) is 0 Å². The molecule has 3 nitrogen and oxygen atoms in total. The molecule has 0 aliphatic rings. The second-order valence-electron chi connectivity index (χ2n) is 2.91. The minimum atomic E-state index is -0.495. The van der Waals surface area contributed by atoms with Gasteiger partial charge in [-0.2, -0.15) is 5.26 Å². The maximum absolute atomic E-state index is 13.5. The fraction of sp³-hybridized carbons (Fsp3) is 0. The Morgan fingerprint density at radius 2 is 2.25 bits per heavy atom. The monoisotopic (exact) mass is 300 g/mol. The van der Waals surface area contributed by atoms with Crippen LogP contribution in [0, 0.1) is 17.1 Å². The van der Waals surface area contributed by atoms with Crippen LogP contribution in [0.1, 0.15) is 5.69 Å². The van der Waals surface area contributed by atoms with Crippen molar-refractivity contribution in [2.24, 2.45) is 0 Å².